The summed E-state index contributed by atoms with van der Waals surface area (Å²) in [5.74, 6) is 0.115. The Hall–Kier alpha value is -2.08. The van der Waals surface area contributed by atoms with Crippen molar-refractivity contribution in [3.8, 4) is 5.75 Å². The third-order valence-corrected chi connectivity index (χ3v) is 3.89. The second-order valence-corrected chi connectivity index (χ2v) is 5.83. The monoisotopic (exact) mass is 320 g/mol. The van der Waals surface area contributed by atoms with Crippen LogP contribution in [0.3, 0.4) is 0 Å². The fraction of sp³-hybridized carbons (Fsp3) is 0.529. The molecule has 1 saturated heterocycles. The first-order valence-electron chi connectivity index (χ1n) is 7.85. The first kappa shape index (κ1) is 17.3. The number of ether oxygens (including phenoxy) is 2. The van der Waals surface area contributed by atoms with E-state index in [9.17, 15) is 9.59 Å². The number of hydrogen-bond donors (Lipinski definition) is 1. The summed E-state index contributed by atoms with van der Waals surface area (Å²) < 4.78 is 10.5. The van der Waals surface area contributed by atoms with Gasteiger partial charge < -0.3 is 19.7 Å². The number of carbonyl (C=O) groups is 2. The van der Waals surface area contributed by atoms with E-state index in [1.54, 1.807) is 29.2 Å². The SMILES string of the molecule is COc1ccccc1C(=O)N[C@H](C(=O)N1CCOCC1)C(C)C. The van der Waals surface area contributed by atoms with Crippen LogP contribution >= 0.6 is 0 Å². The molecule has 0 saturated carbocycles. The number of hydrogen-bond acceptors (Lipinski definition) is 4. The highest BCUT2D eigenvalue weighted by Gasteiger charge is 2.30. The number of para-hydroxylation sites is 1. The molecule has 0 aromatic heterocycles. The fourth-order valence-corrected chi connectivity index (χ4v) is 2.55. The maximum Gasteiger partial charge on any atom is 0.255 e. The Bertz CT molecular complexity index is 553. The molecule has 1 aliphatic heterocycles. The van der Waals surface area contributed by atoms with Gasteiger partial charge in [-0.15, -0.1) is 0 Å². The number of morpholine rings is 1. The minimum absolute atomic E-state index is 0.0102. The van der Waals surface area contributed by atoms with Crippen LogP contribution in [-0.4, -0.2) is 56.2 Å². The molecule has 1 atom stereocenters. The Kier molecular flexibility index (Phi) is 5.98. The summed E-state index contributed by atoms with van der Waals surface area (Å²) in [5.41, 5.74) is 0.426. The molecule has 23 heavy (non-hydrogen) atoms. The van der Waals surface area contributed by atoms with Crippen molar-refractivity contribution in [1.82, 2.24) is 10.2 Å². The van der Waals surface area contributed by atoms with Crippen LogP contribution in [0.15, 0.2) is 24.3 Å². The molecule has 1 aromatic rings. The lowest BCUT2D eigenvalue weighted by Crippen LogP contribution is -2.53. The summed E-state index contributed by atoms with van der Waals surface area (Å²) in [4.78, 5) is 27.0. The van der Waals surface area contributed by atoms with Crippen LogP contribution in [0.1, 0.15) is 24.2 Å². The predicted octanol–water partition coefficient (Wildman–Crippen LogP) is 1.31. The van der Waals surface area contributed by atoms with E-state index in [1.807, 2.05) is 13.8 Å². The maximum atomic E-state index is 12.7. The maximum absolute atomic E-state index is 12.7. The summed E-state index contributed by atoms with van der Waals surface area (Å²) in [6.07, 6.45) is 0. The third kappa shape index (κ3) is 4.22. The zero-order valence-corrected chi connectivity index (χ0v) is 13.9. The highest BCUT2D eigenvalue weighted by molar-refractivity contribution is 5.99. The van der Waals surface area contributed by atoms with E-state index in [4.69, 9.17) is 9.47 Å². The van der Waals surface area contributed by atoms with Crippen LogP contribution in [0, 0.1) is 5.92 Å². The molecule has 6 nitrogen and oxygen atoms in total. The van der Waals surface area contributed by atoms with Crippen molar-refractivity contribution in [3.63, 3.8) is 0 Å². The number of benzene rings is 1. The molecular formula is C17H24N2O4. The molecule has 0 spiro atoms. The third-order valence-electron chi connectivity index (χ3n) is 3.89. The van der Waals surface area contributed by atoms with Crippen LogP contribution in [0.25, 0.3) is 0 Å². The molecule has 1 aromatic carbocycles. The molecular weight excluding hydrogens is 296 g/mol. The van der Waals surface area contributed by atoms with Gasteiger partial charge in [-0.25, -0.2) is 0 Å². The minimum atomic E-state index is -0.564. The largest absolute Gasteiger partial charge is 0.496 e. The van der Waals surface area contributed by atoms with E-state index in [-0.39, 0.29) is 17.7 Å². The van der Waals surface area contributed by atoms with Gasteiger partial charge in [-0.2, -0.15) is 0 Å². The van der Waals surface area contributed by atoms with Crippen LogP contribution in [-0.2, 0) is 9.53 Å². The number of rotatable bonds is 5. The molecule has 0 aliphatic carbocycles. The second kappa shape index (κ2) is 7.97. The van der Waals surface area contributed by atoms with E-state index in [0.717, 1.165) is 0 Å². The Morgan fingerprint density at radius 3 is 2.48 bits per heavy atom. The number of methoxy groups -OCH3 is 1. The van der Waals surface area contributed by atoms with Gasteiger partial charge in [-0.05, 0) is 18.1 Å². The van der Waals surface area contributed by atoms with Crippen LogP contribution in [0.4, 0.5) is 0 Å². The van der Waals surface area contributed by atoms with Gasteiger partial charge in [0.25, 0.3) is 5.91 Å². The average molecular weight is 320 g/mol. The van der Waals surface area contributed by atoms with Crippen molar-refractivity contribution < 1.29 is 19.1 Å². The summed E-state index contributed by atoms with van der Waals surface area (Å²) in [5, 5.41) is 2.85. The lowest BCUT2D eigenvalue weighted by Gasteiger charge is -2.32. The molecule has 1 N–H and O–H groups in total. The molecule has 2 rings (SSSR count). The van der Waals surface area contributed by atoms with Crippen molar-refractivity contribution in [2.45, 2.75) is 19.9 Å². The van der Waals surface area contributed by atoms with Gasteiger partial charge in [-0.1, -0.05) is 26.0 Å². The predicted molar refractivity (Wildman–Crippen MR) is 86.5 cm³/mol. The van der Waals surface area contributed by atoms with Crippen molar-refractivity contribution in [2.75, 3.05) is 33.4 Å². The lowest BCUT2D eigenvalue weighted by atomic mass is 10.0. The molecule has 1 aliphatic rings. The highest BCUT2D eigenvalue weighted by Crippen LogP contribution is 2.18. The topological polar surface area (TPSA) is 67.9 Å². The normalized spacial score (nSPS) is 16.1. The lowest BCUT2D eigenvalue weighted by molar-refractivity contribution is -0.138. The van der Waals surface area contributed by atoms with Crippen LogP contribution in [0.5, 0.6) is 5.75 Å². The van der Waals surface area contributed by atoms with Gasteiger partial charge in [0.15, 0.2) is 0 Å². The Labute approximate surface area is 136 Å². The molecule has 0 radical (unpaired) electrons. The summed E-state index contributed by atoms with van der Waals surface area (Å²) in [7, 11) is 1.52. The van der Waals surface area contributed by atoms with Crippen LogP contribution < -0.4 is 10.1 Å². The second-order valence-electron chi connectivity index (χ2n) is 5.83. The molecule has 126 valence electrons. The first-order valence-corrected chi connectivity index (χ1v) is 7.85. The first-order chi connectivity index (χ1) is 11.0. The quantitative estimate of drug-likeness (QED) is 0.888. The van der Waals surface area contributed by atoms with E-state index in [0.29, 0.717) is 37.6 Å². The molecule has 6 heteroatoms. The average Bonchev–Trinajstić information content (AvgIpc) is 2.59. The van der Waals surface area contributed by atoms with Gasteiger partial charge >= 0.3 is 0 Å². The van der Waals surface area contributed by atoms with E-state index < -0.39 is 6.04 Å². The standard InChI is InChI=1S/C17H24N2O4/c1-12(2)15(17(21)19-8-10-23-11-9-19)18-16(20)13-6-4-5-7-14(13)22-3/h4-7,12,15H,8-11H2,1-3H3,(H,18,20)/t15-/m0/s1. The molecule has 1 heterocycles. The molecule has 0 bridgehead atoms. The van der Waals surface area contributed by atoms with Gasteiger partial charge in [0.05, 0.1) is 25.9 Å². The number of nitrogens with zero attached hydrogens (tertiary/aromatic N) is 1. The van der Waals surface area contributed by atoms with Gasteiger partial charge in [0.2, 0.25) is 5.91 Å². The van der Waals surface area contributed by atoms with Crippen molar-refractivity contribution in [3.05, 3.63) is 29.8 Å². The van der Waals surface area contributed by atoms with Gasteiger partial charge in [-0.3, -0.25) is 9.59 Å². The van der Waals surface area contributed by atoms with Crippen molar-refractivity contribution in [1.29, 1.82) is 0 Å². The number of nitrogens with one attached hydrogen (secondary N) is 1. The summed E-state index contributed by atoms with van der Waals surface area (Å²) in [6.45, 7) is 6.05. The summed E-state index contributed by atoms with van der Waals surface area (Å²) >= 11 is 0. The number of carbonyl (C=O) groups excluding carboxylic acids is 2. The van der Waals surface area contributed by atoms with Crippen LogP contribution in [0.2, 0.25) is 0 Å². The van der Waals surface area contributed by atoms with Gasteiger partial charge in [0, 0.05) is 13.1 Å². The van der Waals surface area contributed by atoms with E-state index in [1.165, 1.54) is 7.11 Å². The van der Waals surface area contributed by atoms with Gasteiger partial charge in [0.1, 0.15) is 11.8 Å². The van der Waals surface area contributed by atoms with E-state index >= 15 is 0 Å². The molecule has 2 amide bonds. The summed E-state index contributed by atoms with van der Waals surface area (Å²) in [6, 6.07) is 6.42. The number of amides is 2. The minimum Gasteiger partial charge on any atom is -0.496 e. The van der Waals surface area contributed by atoms with Crippen molar-refractivity contribution in [2.24, 2.45) is 5.92 Å². The smallest absolute Gasteiger partial charge is 0.255 e. The zero-order valence-electron chi connectivity index (χ0n) is 13.9. The fourth-order valence-electron chi connectivity index (χ4n) is 2.55. The highest BCUT2D eigenvalue weighted by atomic mass is 16.5. The Morgan fingerprint density at radius 2 is 1.87 bits per heavy atom. The molecule has 0 unspecified atom stereocenters. The van der Waals surface area contributed by atoms with Crippen molar-refractivity contribution >= 4 is 11.8 Å². The zero-order chi connectivity index (χ0) is 16.8. The van der Waals surface area contributed by atoms with E-state index in [2.05, 4.69) is 5.32 Å². The molecule has 1 fully saturated rings. The Balaban J connectivity index is 2.12. The Morgan fingerprint density at radius 1 is 1.22 bits per heavy atom.